The zero-order valence-electron chi connectivity index (χ0n) is 12.1. The Kier molecular flexibility index (Phi) is 12.3. The summed E-state index contributed by atoms with van der Waals surface area (Å²) >= 11 is 0. The van der Waals surface area contributed by atoms with Gasteiger partial charge in [-0.2, -0.15) is 0 Å². The van der Waals surface area contributed by atoms with E-state index < -0.39 is 0 Å². The fourth-order valence-corrected chi connectivity index (χ4v) is 2.19. The quantitative estimate of drug-likeness (QED) is 0.519. The van der Waals surface area contributed by atoms with Gasteiger partial charge in [-0.1, -0.05) is 45.4 Å². The second kappa shape index (κ2) is 12.4. The molecule has 17 heavy (non-hydrogen) atoms. The molecule has 0 aliphatic carbocycles. The van der Waals surface area contributed by atoms with Crippen LogP contribution >= 0.6 is 0 Å². The lowest BCUT2D eigenvalue weighted by Crippen LogP contribution is -2.07. The number of rotatable bonds is 12. The van der Waals surface area contributed by atoms with Crippen molar-refractivity contribution in [3.63, 3.8) is 0 Å². The van der Waals surface area contributed by atoms with Crippen LogP contribution in [0.3, 0.4) is 0 Å². The molecule has 2 heteroatoms. The third-order valence-corrected chi connectivity index (χ3v) is 3.22. The summed E-state index contributed by atoms with van der Waals surface area (Å²) in [4.78, 5) is 0. The first-order chi connectivity index (χ1) is 8.20. The summed E-state index contributed by atoms with van der Waals surface area (Å²) < 4.78 is 5.49. The number of unbranched alkanes of at least 4 members (excludes halogenated alkanes) is 4. The molecular weight excluding hydrogens is 212 g/mol. The Morgan fingerprint density at radius 1 is 0.882 bits per heavy atom. The van der Waals surface area contributed by atoms with Crippen molar-refractivity contribution in [1.82, 2.24) is 0 Å². The normalized spacial score (nSPS) is 14.8. The van der Waals surface area contributed by atoms with Crippen molar-refractivity contribution >= 4 is 0 Å². The van der Waals surface area contributed by atoms with Crippen molar-refractivity contribution in [3.8, 4) is 0 Å². The number of ether oxygens (including phenoxy) is 1. The average molecular weight is 244 g/mol. The van der Waals surface area contributed by atoms with Gasteiger partial charge in [-0.3, -0.25) is 0 Å². The van der Waals surface area contributed by atoms with Crippen molar-refractivity contribution < 1.29 is 9.84 Å². The van der Waals surface area contributed by atoms with Crippen LogP contribution < -0.4 is 0 Å². The van der Waals surface area contributed by atoms with Gasteiger partial charge in [0.1, 0.15) is 0 Å². The molecule has 104 valence electrons. The summed E-state index contributed by atoms with van der Waals surface area (Å²) in [7, 11) is 0. The zero-order valence-corrected chi connectivity index (χ0v) is 12.1. The Morgan fingerprint density at radius 2 is 1.47 bits per heavy atom. The molecule has 0 fully saturated rings. The van der Waals surface area contributed by atoms with E-state index in [1.165, 1.54) is 38.5 Å². The summed E-state index contributed by atoms with van der Waals surface area (Å²) in [6.45, 7) is 7.17. The Bertz CT molecular complexity index is 132. The SMILES string of the molecule is CCCC(O)CCCCCCCC(C)OCC. The highest BCUT2D eigenvalue weighted by atomic mass is 16.5. The van der Waals surface area contributed by atoms with Gasteiger partial charge in [-0.15, -0.1) is 0 Å². The standard InChI is InChI=1S/C15H32O2/c1-4-11-15(16)13-10-8-6-7-9-12-14(3)17-5-2/h14-16H,4-13H2,1-3H3. The lowest BCUT2D eigenvalue weighted by Gasteiger charge is -2.11. The number of aliphatic hydroxyl groups excluding tert-OH is 1. The molecule has 2 nitrogen and oxygen atoms in total. The fourth-order valence-electron chi connectivity index (χ4n) is 2.19. The largest absolute Gasteiger partial charge is 0.393 e. The van der Waals surface area contributed by atoms with Crippen LogP contribution in [0, 0.1) is 0 Å². The third-order valence-electron chi connectivity index (χ3n) is 3.22. The minimum absolute atomic E-state index is 0.0574. The Labute approximate surface area is 108 Å². The monoisotopic (exact) mass is 244 g/mol. The molecule has 0 saturated carbocycles. The van der Waals surface area contributed by atoms with E-state index in [-0.39, 0.29) is 6.10 Å². The van der Waals surface area contributed by atoms with Gasteiger partial charge < -0.3 is 9.84 Å². The van der Waals surface area contributed by atoms with E-state index in [1.807, 2.05) is 0 Å². The van der Waals surface area contributed by atoms with Crippen LogP contribution in [0.25, 0.3) is 0 Å². The molecule has 0 heterocycles. The summed E-state index contributed by atoms with van der Waals surface area (Å²) in [5.41, 5.74) is 0. The van der Waals surface area contributed by atoms with E-state index in [9.17, 15) is 5.11 Å². The fraction of sp³-hybridized carbons (Fsp3) is 1.00. The first kappa shape index (κ1) is 16.9. The molecular formula is C15H32O2. The van der Waals surface area contributed by atoms with Crippen LogP contribution in [0.2, 0.25) is 0 Å². The number of hydrogen-bond acceptors (Lipinski definition) is 2. The van der Waals surface area contributed by atoms with E-state index in [4.69, 9.17) is 4.74 Å². The topological polar surface area (TPSA) is 29.5 Å². The Hall–Kier alpha value is -0.0800. The van der Waals surface area contributed by atoms with Crippen molar-refractivity contribution in [3.05, 3.63) is 0 Å². The van der Waals surface area contributed by atoms with Gasteiger partial charge in [0, 0.05) is 6.61 Å². The highest BCUT2D eigenvalue weighted by Gasteiger charge is 2.02. The van der Waals surface area contributed by atoms with E-state index in [1.54, 1.807) is 0 Å². The smallest absolute Gasteiger partial charge is 0.0546 e. The highest BCUT2D eigenvalue weighted by Crippen LogP contribution is 2.12. The van der Waals surface area contributed by atoms with Crippen LogP contribution in [0.4, 0.5) is 0 Å². The lowest BCUT2D eigenvalue weighted by molar-refractivity contribution is 0.0683. The molecule has 0 radical (unpaired) electrons. The van der Waals surface area contributed by atoms with Crippen molar-refractivity contribution in [1.29, 1.82) is 0 Å². The van der Waals surface area contributed by atoms with Crippen LogP contribution in [-0.4, -0.2) is 23.9 Å². The van der Waals surface area contributed by atoms with Gasteiger partial charge in [0.2, 0.25) is 0 Å². The summed E-state index contributed by atoms with van der Waals surface area (Å²) in [5, 5.41) is 9.57. The second-order valence-electron chi connectivity index (χ2n) is 5.05. The first-order valence-electron chi connectivity index (χ1n) is 7.50. The predicted octanol–water partition coefficient (Wildman–Crippen LogP) is 4.30. The molecule has 0 aliphatic rings. The van der Waals surface area contributed by atoms with E-state index in [2.05, 4.69) is 20.8 Å². The molecule has 0 aromatic heterocycles. The molecule has 0 aliphatic heterocycles. The number of aliphatic hydroxyl groups is 1. The molecule has 0 amide bonds. The summed E-state index contributed by atoms with van der Waals surface area (Å²) in [6.07, 6.45) is 10.9. The molecule has 0 bridgehead atoms. The minimum atomic E-state index is -0.0574. The van der Waals surface area contributed by atoms with Gasteiger partial charge in [0.05, 0.1) is 12.2 Å². The summed E-state index contributed by atoms with van der Waals surface area (Å²) in [6, 6.07) is 0. The van der Waals surface area contributed by atoms with Crippen molar-refractivity contribution in [2.75, 3.05) is 6.61 Å². The molecule has 0 aromatic carbocycles. The first-order valence-corrected chi connectivity index (χ1v) is 7.50. The minimum Gasteiger partial charge on any atom is -0.393 e. The second-order valence-corrected chi connectivity index (χ2v) is 5.05. The van der Waals surface area contributed by atoms with Gasteiger partial charge in [-0.25, -0.2) is 0 Å². The van der Waals surface area contributed by atoms with Gasteiger partial charge >= 0.3 is 0 Å². The number of hydrogen-bond donors (Lipinski definition) is 1. The molecule has 2 unspecified atom stereocenters. The molecule has 0 rings (SSSR count). The highest BCUT2D eigenvalue weighted by molar-refractivity contribution is 4.56. The molecule has 0 spiro atoms. The van der Waals surface area contributed by atoms with Crippen LogP contribution in [0.1, 0.15) is 78.6 Å². The van der Waals surface area contributed by atoms with E-state index in [0.717, 1.165) is 25.9 Å². The van der Waals surface area contributed by atoms with Gasteiger partial charge in [0.25, 0.3) is 0 Å². The van der Waals surface area contributed by atoms with Crippen molar-refractivity contribution in [2.45, 2.75) is 90.8 Å². The molecule has 0 aromatic rings. The predicted molar refractivity (Wildman–Crippen MR) is 74.3 cm³/mol. The maximum atomic E-state index is 9.57. The van der Waals surface area contributed by atoms with Crippen molar-refractivity contribution in [2.24, 2.45) is 0 Å². The van der Waals surface area contributed by atoms with Crippen LogP contribution in [0.15, 0.2) is 0 Å². The van der Waals surface area contributed by atoms with Crippen LogP contribution in [-0.2, 0) is 4.74 Å². The van der Waals surface area contributed by atoms with E-state index >= 15 is 0 Å². The Balaban J connectivity index is 3.13. The summed E-state index contributed by atoms with van der Waals surface area (Å²) in [5.74, 6) is 0. The lowest BCUT2D eigenvalue weighted by atomic mass is 10.0. The third kappa shape index (κ3) is 12.2. The zero-order chi connectivity index (χ0) is 12.9. The Morgan fingerprint density at radius 3 is 2.06 bits per heavy atom. The van der Waals surface area contributed by atoms with Gasteiger partial charge in [-0.05, 0) is 33.1 Å². The van der Waals surface area contributed by atoms with E-state index in [0.29, 0.717) is 6.10 Å². The molecule has 1 N–H and O–H groups in total. The van der Waals surface area contributed by atoms with Gasteiger partial charge in [0.15, 0.2) is 0 Å². The maximum absolute atomic E-state index is 9.57. The molecule has 2 atom stereocenters. The van der Waals surface area contributed by atoms with Crippen LogP contribution in [0.5, 0.6) is 0 Å². The molecule has 0 saturated heterocycles. The maximum Gasteiger partial charge on any atom is 0.0546 e. The average Bonchev–Trinajstić information content (AvgIpc) is 2.28.